The Morgan fingerprint density at radius 1 is 1.20 bits per heavy atom. The maximum Gasteiger partial charge on any atom is 0.242 e. The van der Waals surface area contributed by atoms with Crippen LogP contribution in [0.2, 0.25) is 0 Å². The predicted octanol–water partition coefficient (Wildman–Crippen LogP) is 1.94. The lowest BCUT2D eigenvalue weighted by molar-refractivity contribution is -0.146. The minimum atomic E-state index is -0.477. The van der Waals surface area contributed by atoms with Gasteiger partial charge >= 0.3 is 0 Å². The van der Waals surface area contributed by atoms with Crippen LogP contribution in [0, 0.1) is 5.41 Å². The summed E-state index contributed by atoms with van der Waals surface area (Å²) in [5, 5.41) is 0. The van der Waals surface area contributed by atoms with Crippen molar-refractivity contribution in [2.45, 2.75) is 32.4 Å². The summed E-state index contributed by atoms with van der Waals surface area (Å²) in [6.07, 6.45) is 7.55. The summed E-state index contributed by atoms with van der Waals surface area (Å²) in [6.45, 7) is 2.56. The van der Waals surface area contributed by atoms with Crippen molar-refractivity contribution in [1.29, 1.82) is 0 Å². The summed E-state index contributed by atoms with van der Waals surface area (Å²) in [4.78, 5) is 33.9. The molecule has 2 aliphatic rings. The van der Waals surface area contributed by atoms with Gasteiger partial charge in [-0.2, -0.15) is 0 Å². The fourth-order valence-corrected chi connectivity index (χ4v) is 4.69. The monoisotopic (exact) mass is 412 g/mol. The summed E-state index contributed by atoms with van der Waals surface area (Å²) in [6, 6.07) is 5.72. The number of amides is 2. The zero-order valence-electron chi connectivity index (χ0n) is 17.5. The number of hydrogen-bond acceptors (Lipinski definition) is 5. The van der Waals surface area contributed by atoms with E-state index in [-0.39, 0.29) is 18.4 Å². The molecule has 0 unspecified atom stereocenters. The van der Waals surface area contributed by atoms with E-state index in [0.717, 1.165) is 18.4 Å². The lowest BCUT2D eigenvalue weighted by Gasteiger charge is -2.39. The first-order chi connectivity index (χ1) is 14.6. The molecule has 1 aromatic heterocycles. The van der Waals surface area contributed by atoms with Gasteiger partial charge in [0.05, 0.1) is 26.0 Å². The highest BCUT2D eigenvalue weighted by Crippen LogP contribution is 2.41. The number of rotatable bonds is 6. The molecular weight excluding hydrogens is 384 g/mol. The van der Waals surface area contributed by atoms with Gasteiger partial charge in [-0.1, -0.05) is 12.1 Å². The maximum atomic E-state index is 13.5. The third-order valence-electron chi connectivity index (χ3n) is 6.25. The van der Waals surface area contributed by atoms with Gasteiger partial charge in [-0.3, -0.25) is 9.59 Å². The fourth-order valence-electron chi connectivity index (χ4n) is 4.69. The Kier molecular flexibility index (Phi) is 5.65. The molecule has 1 aromatic carbocycles. The Morgan fingerprint density at radius 2 is 2.07 bits per heavy atom. The minimum absolute atomic E-state index is 0.0317. The molecule has 4 rings (SSSR count). The highest BCUT2D eigenvalue weighted by Gasteiger charge is 2.49. The van der Waals surface area contributed by atoms with E-state index in [0.29, 0.717) is 44.1 Å². The van der Waals surface area contributed by atoms with Crippen LogP contribution >= 0.6 is 0 Å². The lowest BCUT2D eigenvalue weighted by Crippen LogP contribution is -2.50. The molecule has 0 N–H and O–H groups in total. The van der Waals surface area contributed by atoms with Crippen LogP contribution in [-0.4, -0.2) is 65.0 Å². The summed E-state index contributed by atoms with van der Waals surface area (Å²) in [5.41, 5.74) is 0.447. The number of hydrogen-bond donors (Lipinski definition) is 0. The van der Waals surface area contributed by atoms with Gasteiger partial charge in [0.2, 0.25) is 11.8 Å². The van der Waals surface area contributed by atoms with E-state index >= 15 is 0 Å². The van der Waals surface area contributed by atoms with E-state index in [9.17, 15) is 9.59 Å². The Morgan fingerprint density at radius 3 is 2.80 bits per heavy atom. The smallest absolute Gasteiger partial charge is 0.242 e. The van der Waals surface area contributed by atoms with E-state index in [4.69, 9.17) is 9.47 Å². The minimum Gasteiger partial charge on any atom is -0.493 e. The highest BCUT2D eigenvalue weighted by atomic mass is 16.5. The van der Waals surface area contributed by atoms with Crippen LogP contribution in [0.1, 0.15) is 24.8 Å². The number of imidazole rings is 1. The molecule has 8 heteroatoms. The van der Waals surface area contributed by atoms with E-state index in [1.54, 1.807) is 37.5 Å². The first-order valence-corrected chi connectivity index (χ1v) is 10.3. The van der Waals surface area contributed by atoms with E-state index < -0.39 is 5.41 Å². The van der Waals surface area contributed by atoms with Crippen molar-refractivity contribution in [3.8, 4) is 11.5 Å². The van der Waals surface area contributed by atoms with E-state index in [1.807, 2.05) is 28.0 Å². The zero-order chi connectivity index (χ0) is 21.1. The molecule has 2 aliphatic heterocycles. The zero-order valence-corrected chi connectivity index (χ0v) is 17.5. The van der Waals surface area contributed by atoms with Gasteiger partial charge in [-0.05, 0) is 25.3 Å². The topological polar surface area (TPSA) is 76.9 Å². The van der Waals surface area contributed by atoms with Crippen molar-refractivity contribution < 1.29 is 19.1 Å². The molecule has 30 heavy (non-hydrogen) atoms. The van der Waals surface area contributed by atoms with Crippen LogP contribution in [-0.2, 0) is 22.7 Å². The number of methoxy groups -OCH3 is 2. The quantitative estimate of drug-likeness (QED) is 0.725. The van der Waals surface area contributed by atoms with Gasteiger partial charge in [0.25, 0.3) is 0 Å². The normalized spacial score (nSPS) is 21.3. The average Bonchev–Trinajstić information content (AvgIpc) is 3.42. The fraction of sp³-hybridized carbons (Fsp3) is 0.500. The molecule has 2 aromatic rings. The largest absolute Gasteiger partial charge is 0.493 e. The molecule has 0 saturated carbocycles. The van der Waals surface area contributed by atoms with Gasteiger partial charge in [-0.25, -0.2) is 4.98 Å². The molecule has 3 heterocycles. The molecule has 0 bridgehead atoms. The predicted molar refractivity (Wildman–Crippen MR) is 110 cm³/mol. The van der Waals surface area contributed by atoms with Crippen molar-refractivity contribution in [3.63, 3.8) is 0 Å². The Hall–Kier alpha value is -3.03. The third-order valence-corrected chi connectivity index (χ3v) is 6.25. The van der Waals surface area contributed by atoms with E-state index in [1.165, 1.54) is 0 Å². The number of para-hydroxylation sites is 1. The first kappa shape index (κ1) is 20.3. The second-order valence-electron chi connectivity index (χ2n) is 8.06. The van der Waals surface area contributed by atoms with Crippen molar-refractivity contribution in [1.82, 2.24) is 19.4 Å². The van der Waals surface area contributed by atoms with E-state index in [2.05, 4.69) is 4.98 Å². The number of aromatic nitrogens is 2. The molecule has 2 fully saturated rings. The first-order valence-electron chi connectivity index (χ1n) is 10.3. The number of carbonyl (C=O) groups excluding carboxylic acids is 2. The SMILES string of the molecule is COc1cccc(CN2CCC[C@@]3(CCN(C(=O)Cn4ccnc4)C3)C2=O)c1OC. The van der Waals surface area contributed by atoms with Crippen LogP contribution in [0.15, 0.2) is 36.9 Å². The summed E-state index contributed by atoms with van der Waals surface area (Å²) in [5.74, 6) is 1.49. The highest BCUT2D eigenvalue weighted by molar-refractivity contribution is 5.86. The second kappa shape index (κ2) is 8.38. The number of ether oxygens (including phenoxy) is 2. The van der Waals surface area contributed by atoms with Crippen LogP contribution < -0.4 is 9.47 Å². The molecule has 0 radical (unpaired) electrons. The number of benzene rings is 1. The van der Waals surface area contributed by atoms with Crippen molar-refractivity contribution in [2.75, 3.05) is 33.9 Å². The van der Waals surface area contributed by atoms with Crippen LogP contribution in [0.5, 0.6) is 11.5 Å². The van der Waals surface area contributed by atoms with Crippen molar-refractivity contribution in [3.05, 3.63) is 42.5 Å². The molecule has 0 aliphatic carbocycles. The molecule has 8 nitrogen and oxygen atoms in total. The number of piperidine rings is 1. The number of carbonyl (C=O) groups is 2. The van der Waals surface area contributed by atoms with Crippen LogP contribution in [0.25, 0.3) is 0 Å². The van der Waals surface area contributed by atoms with Crippen LogP contribution in [0.3, 0.4) is 0 Å². The molecule has 160 valence electrons. The Labute approximate surface area is 176 Å². The van der Waals surface area contributed by atoms with Crippen molar-refractivity contribution in [2.24, 2.45) is 5.41 Å². The average molecular weight is 412 g/mol. The molecular formula is C22H28N4O4. The van der Waals surface area contributed by atoms with Gasteiger partial charge in [0, 0.05) is 44.1 Å². The standard InChI is InChI=1S/C22H28N4O4/c1-29-18-6-3-5-17(20(18)30-2)13-25-10-4-7-22(21(25)28)8-11-26(15-22)19(27)14-24-12-9-23-16-24/h3,5-6,9,12,16H,4,7-8,10-11,13-15H2,1-2H3/t22-/m0/s1. The van der Waals surface area contributed by atoms with Gasteiger partial charge in [0.1, 0.15) is 6.54 Å². The molecule has 2 amide bonds. The summed E-state index contributed by atoms with van der Waals surface area (Å²) < 4.78 is 12.7. The van der Waals surface area contributed by atoms with Crippen molar-refractivity contribution >= 4 is 11.8 Å². The maximum absolute atomic E-state index is 13.5. The molecule has 2 saturated heterocycles. The van der Waals surface area contributed by atoms with Gasteiger partial charge < -0.3 is 23.8 Å². The lowest BCUT2D eigenvalue weighted by atomic mass is 9.78. The third kappa shape index (κ3) is 3.74. The Balaban J connectivity index is 1.47. The molecule has 1 atom stereocenters. The second-order valence-corrected chi connectivity index (χ2v) is 8.06. The summed E-state index contributed by atoms with van der Waals surface area (Å²) in [7, 11) is 3.22. The Bertz CT molecular complexity index is 914. The number of likely N-dealkylation sites (tertiary alicyclic amines) is 2. The van der Waals surface area contributed by atoms with Gasteiger partial charge in [0.15, 0.2) is 11.5 Å². The number of nitrogens with zero attached hydrogens (tertiary/aromatic N) is 4. The molecule has 1 spiro atoms. The van der Waals surface area contributed by atoms with Crippen LogP contribution in [0.4, 0.5) is 0 Å². The summed E-state index contributed by atoms with van der Waals surface area (Å²) >= 11 is 0. The van der Waals surface area contributed by atoms with Gasteiger partial charge in [-0.15, -0.1) is 0 Å².